The van der Waals surface area contributed by atoms with Crippen molar-refractivity contribution in [3.8, 4) is 0 Å². The van der Waals surface area contributed by atoms with Gasteiger partial charge in [-0.3, -0.25) is 10.1 Å². The van der Waals surface area contributed by atoms with E-state index in [-0.39, 0.29) is 10.6 Å². The molecule has 0 aliphatic carbocycles. The number of hydrogen-bond acceptors (Lipinski definition) is 4. The van der Waals surface area contributed by atoms with Crippen LogP contribution in [0.1, 0.15) is 13.3 Å². The molecule has 0 amide bonds. The standard InChI is InChI=1S/C15H16BrN3O2/c1-2-7-17-13-8-14(10-15(9-13)19(20)21)18-12-5-3-11(16)4-6-12/h3-6,8-10,17-18H,2,7H2,1H3. The van der Waals surface area contributed by atoms with Gasteiger partial charge in [-0.05, 0) is 36.8 Å². The smallest absolute Gasteiger partial charge is 0.273 e. The van der Waals surface area contributed by atoms with Gasteiger partial charge < -0.3 is 10.6 Å². The second-order valence-corrected chi connectivity index (χ2v) is 5.50. The molecule has 6 heteroatoms. The maximum absolute atomic E-state index is 11.0. The first kappa shape index (κ1) is 15.3. The summed E-state index contributed by atoms with van der Waals surface area (Å²) in [7, 11) is 0. The van der Waals surface area contributed by atoms with E-state index in [9.17, 15) is 10.1 Å². The van der Waals surface area contributed by atoms with Crippen molar-refractivity contribution in [3.05, 3.63) is 57.1 Å². The highest BCUT2D eigenvalue weighted by Gasteiger charge is 2.10. The third kappa shape index (κ3) is 4.46. The summed E-state index contributed by atoms with van der Waals surface area (Å²) < 4.78 is 0.984. The normalized spacial score (nSPS) is 10.2. The van der Waals surface area contributed by atoms with Crippen molar-refractivity contribution in [1.29, 1.82) is 0 Å². The second kappa shape index (κ2) is 7.08. The minimum atomic E-state index is -0.385. The number of halogens is 1. The van der Waals surface area contributed by atoms with Gasteiger partial charge in [0, 0.05) is 40.2 Å². The van der Waals surface area contributed by atoms with E-state index < -0.39 is 0 Å². The Bertz CT molecular complexity index is 629. The average molecular weight is 350 g/mol. The molecule has 110 valence electrons. The maximum Gasteiger partial charge on any atom is 0.273 e. The predicted octanol–water partition coefficient (Wildman–Crippen LogP) is 4.92. The van der Waals surface area contributed by atoms with Crippen LogP contribution in [0.2, 0.25) is 0 Å². The number of nitro groups is 1. The highest BCUT2D eigenvalue weighted by atomic mass is 79.9. The first-order chi connectivity index (χ1) is 10.1. The van der Waals surface area contributed by atoms with Gasteiger partial charge in [-0.15, -0.1) is 0 Å². The number of non-ortho nitro benzene ring substituents is 1. The van der Waals surface area contributed by atoms with Crippen molar-refractivity contribution in [1.82, 2.24) is 0 Å². The molecule has 21 heavy (non-hydrogen) atoms. The lowest BCUT2D eigenvalue weighted by atomic mass is 10.2. The van der Waals surface area contributed by atoms with Gasteiger partial charge in [0.15, 0.2) is 0 Å². The Balaban J connectivity index is 2.26. The van der Waals surface area contributed by atoms with Crippen molar-refractivity contribution in [2.75, 3.05) is 17.2 Å². The lowest BCUT2D eigenvalue weighted by molar-refractivity contribution is -0.384. The molecule has 0 spiro atoms. The van der Waals surface area contributed by atoms with Crippen LogP contribution in [0.15, 0.2) is 46.9 Å². The van der Waals surface area contributed by atoms with Crippen LogP contribution in [0.4, 0.5) is 22.7 Å². The molecule has 2 aromatic rings. The highest BCUT2D eigenvalue weighted by molar-refractivity contribution is 9.10. The number of hydrogen-bond donors (Lipinski definition) is 2. The Kier molecular flexibility index (Phi) is 5.16. The molecule has 5 nitrogen and oxygen atoms in total. The van der Waals surface area contributed by atoms with E-state index in [0.717, 1.165) is 28.8 Å². The van der Waals surface area contributed by atoms with Crippen LogP contribution in [0.25, 0.3) is 0 Å². The lowest BCUT2D eigenvalue weighted by Crippen LogP contribution is -2.01. The van der Waals surface area contributed by atoms with E-state index in [0.29, 0.717) is 5.69 Å². The van der Waals surface area contributed by atoms with Gasteiger partial charge in [0.05, 0.1) is 4.92 Å². The van der Waals surface area contributed by atoms with Crippen molar-refractivity contribution < 1.29 is 4.92 Å². The van der Waals surface area contributed by atoms with Gasteiger partial charge >= 0.3 is 0 Å². The van der Waals surface area contributed by atoms with E-state index in [1.54, 1.807) is 6.07 Å². The topological polar surface area (TPSA) is 67.2 Å². The summed E-state index contributed by atoms with van der Waals surface area (Å²) in [6.07, 6.45) is 0.957. The molecular weight excluding hydrogens is 334 g/mol. The summed E-state index contributed by atoms with van der Waals surface area (Å²) in [4.78, 5) is 10.6. The zero-order valence-electron chi connectivity index (χ0n) is 11.6. The second-order valence-electron chi connectivity index (χ2n) is 4.58. The Labute approximate surface area is 131 Å². The van der Waals surface area contributed by atoms with Crippen LogP contribution in [0, 0.1) is 10.1 Å². The highest BCUT2D eigenvalue weighted by Crippen LogP contribution is 2.27. The van der Waals surface area contributed by atoms with E-state index in [4.69, 9.17) is 0 Å². The molecule has 0 saturated carbocycles. The number of nitrogens with zero attached hydrogens (tertiary/aromatic N) is 1. The molecule has 0 heterocycles. The first-order valence-corrected chi connectivity index (χ1v) is 7.43. The summed E-state index contributed by atoms with van der Waals surface area (Å²) in [5, 5.41) is 17.4. The number of anilines is 3. The Morgan fingerprint density at radius 2 is 1.76 bits per heavy atom. The van der Waals surface area contributed by atoms with Crippen molar-refractivity contribution >= 4 is 38.7 Å². The van der Waals surface area contributed by atoms with Gasteiger partial charge in [-0.1, -0.05) is 22.9 Å². The summed E-state index contributed by atoms with van der Waals surface area (Å²) in [6.45, 7) is 2.82. The lowest BCUT2D eigenvalue weighted by Gasteiger charge is -2.10. The van der Waals surface area contributed by atoms with Gasteiger partial charge in [0.1, 0.15) is 0 Å². The molecule has 2 rings (SSSR count). The summed E-state index contributed by atoms with van der Waals surface area (Å²) in [6, 6.07) is 12.6. The fourth-order valence-electron chi connectivity index (χ4n) is 1.86. The molecule has 0 bridgehead atoms. The Morgan fingerprint density at radius 3 is 2.38 bits per heavy atom. The zero-order chi connectivity index (χ0) is 15.2. The molecule has 0 atom stereocenters. The largest absolute Gasteiger partial charge is 0.385 e. The van der Waals surface area contributed by atoms with Crippen LogP contribution in [0.3, 0.4) is 0 Å². The Hall–Kier alpha value is -2.08. The van der Waals surface area contributed by atoms with Crippen LogP contribution < -0.4 is 10.6 Å². The van der Waals surface area contributed by atoms with Gasteiger partial charge in [0.25, 0.3) is 5.69 Å². The van der Waals surface area contributed by atoms with Gasteiger partial charge in [-0.2, -0.15) is 0 Å². The van der Waals surface area contributed by atoms with Gasteiger partial charge in [0.2, 0.25) is 0 Å². The number of rotatable bonds is 6. The molecule has 0 radical (unpaired) electrons. The predicted molar refractivity (Wildman–Crippen MR) is 89.3 cm³/mol. The molecule has 2 aromatic carbocycles. The van der Waals surface area contributed by atoms with Crippen molar-refractivity contribution in [3.63, 3.8) is 0 Å². The third-order valence-corrected chi connectivity index (χ3v) is 3.37. The zero-order valence-corrected chi connectivity index (χ0v) is 13.2. The maximum atomic E-state index is 11.0. The fraction of sp³-hybridized carbons (Fsp3) is 0.200. The van der Waals surface area contributed by atoms with E-state index in [1.807, 2.05) is 37.3 Å². The van der Waals surface area contributed by atoms with Crippen LogP contribution in [-0.2, 0) is 0 Å². The fourth-order valence-corrected chi connectivity index (χ4v) is 2.12. The summed E-state index contributed by atoms with van der Waals surface area (Å²) >= 11 is 3.37. The van der Waals surface area contributed by atoms with E-state index in [2.05, 4.69) is 26.6 Å². The summed E-state index contributed by atoms with van der Waals surface area (Å²) in [5.41, 5.74) is 2.37. The number of nitro benzene ring substituents is 1. The summed E-state index contributed by atoms with van der Waals surface area (Å²) in [5.74, 6) is 0. The third-order valence-electron chi connectivity index (χ3n) is 2.84. The SMILES string of the molecule is CCCNc1cc(Nc2ccc(Br)cc2)cc([N+](=O)[O-])c1. The Morgan fingerprint density at radius 1 is 1.10 bits per heavy atom. The molecule has 2 N–H and O–H groups in total. The molecular formula is C15H16BrN3O2. The minimum Gasteiger partial charge on any atom is -0.385 e. The molecule has 0 aliphatic heterocycles. The minimum absolute atomic E-state index is 0.0655. The van der Waals surface area contributed by atoms with Crippen molar-refractivity contribution in [2.24, 2.45) is 0 Å². The molecule has 0 saturated heterocycles. The number of benzene rings is 2. The van der Waals surface area contributed by atoms with E-state index >= 15 is 0 Å². The monoisotopic (exact) mass is 349 g/mol. The number of nitrogens with one attached hydrogen (secondary N) is 2. The van der Waals surface area contributed by atoms with Crippen molar-refractivity contribution in [2.45, 2.75) is 13.3 Å². The van der Waals surface area contributed by atoms with Gasteiger partial charge in [-0.25, -0.2) is 0 Å². The van der Waals surface area contributed by atoms with Crippen LogP contribution >= 0.6 is 15.9 Å². The quantitative estimate of drug-likeness (QED) is 0.573. The molecule has 0 aliphatic rings. The van der Waals surface area contributed by atoms with E-state index in [1.165, 1.54) is 6.07 Å². The first-order valence-electron chi connectivity index (χ1n) is 6.64. The molecule has 0 fully saturated rings. The molecule has 0 aromatic heterocycles. The average Bonchev–Trinajstić information content (AvgIpc) is 2.47. The molecule has 0 unspecified atom stereocenters. The van der Waals surface area contributed by atoms with Crippen LogP contribution in [-0.4, -0.2) is 11.5 Å². The van der Waals surface area contributed by atoms with Crippen LogP contribution in [0.5, 0.6) is 0 Å².